The lowest BCUT2D eigenvalue weighted by Crippen LogP contribution is -2.32. The van der Waals surface area contributed by atoms with Crippen molar-refractivity contribution in [1.82, 2.24) is 10.1 Å². The van der Waals surface area contributed by atoms with Gasteiger partial charge in [-0.15, -0.1) is 0 Å². The van der Waals surface area contributed by atoms with Crippen LogP contribution in [0.2, 0.25) is 0 Å². The number of carbonyl (C=O) groups is 1. The molecule has 0 saturated carbocycles. The maximum atomic E-state index is 12.9. The average molecular weight is 454 g/mol. The first-order valence-corrected chi connectivity index (χ1v) is 11.2. The Labute approximate surface area is 186 Å². The third-order valence-corrected chi connectivity index (χ3v) is 6.11. The van der Waals surface area contributed by atoms with Crippen molar-refractivity contribution in [2.45, 2.75) is 24.3 Å². The van der Waals surface area contributed by atoms with Crippen molar-refractivity contribution in [3.05, 3.63) is 89.5 Å². The molecular weight excluding hydrogens is 430 g/mol. The summed E-state index contributed by atoms with van der Waals surface area (Å²) in [6.45, 7) is 1.86. The monoisotopic (exact) mass is 453 g/mol. The zero-order valence-electron chi connectivity index (χ0n) is 17.3. The molecule has 0 aliphatic heterocycles. The van der Waals surface area contributed by atoms with Crippen LogP contribution in [0, 0.1) is 6.92 Å². The minimum atomic E-state index is -3.87. The number of hydrogen-bond donors (Lipinski definition) is 4. The van der Waals surface area contributed by atoms with E-state index in [9.17, 15) is 23.4 Å². The highest BCUT2D eigenvalue weighted by atomic mass is 32.2. The molecule has 0 saturated heterocycles. The van der Waals surface area contributed by atoms with Gasteiger partial charge in [-0.05, 0) is 36.8 Å². The van der Waals surface area contributed by atoms with E-state index in [0.717, 1.165) is 11.6 Å². The van der Waals surface area contributed by atoms with Crippen LogP contribution in [0.1, 0.15) is 29.2 Å². The molecule has 0 spiro atoms. The summed E-state index contributed by atoms with van der Waals surface area (Å²) in [5.41, 5.74) is 4.18. The van der Waals surface area contributed by atoms with E-state index in [2.05, 4.69) is 15.2 Å². The second-order valence-corrected chi connectivity index (χ2v) is 8.85. The van der Waals surface area contributed by atoms with E-state index in [4.69, 9.17) is 0 Å². The lowest BCUT2D eigenvalue weighted by Gasteiger charge is -2.18. The van der Waals surface area contributed by atoms with Gasteiger partial charge in [0.05, 0.1) is 17.2 Å². The van der Waals surface area contributed by atoms with Crippen LogP contribution < -0.4 is 10.1 Å². The number of amides is 1. The number of aryl methyl sites for hydroxylation is 1. The Morgan fingerprint density at radius 3 is 2.38 bits per heavy atom. The molecule has 4 N–H and O–H groups in total. The molecule has 0 fully saturated rings. The van der Waals surface area contributed by atoms with Crippen molar-refractivity contribution < 1.29 is 23.4 Å². The van der Waals surface area contributed by atoms with Crippen molar-refractivity contribution in [1.29, 1.82) is 0 Å². The summed E-state index contributed by atoms with van der Waals surface area (Å²) in [5.74, 6) is -0.828. The molecule has 0 bridgehead atoms. The van der Waals surface area contributed by atoms with Gasteiger partial charge in [-0.3, -0.25) is 4.79 Å². The van der Waals surface area contributed by atoms with E-state index >= 15 is 0 Å². The van der Waals surface area contributed by atoms with Gasteiger partial charge in [0.2, 0.25) is 15.9 Å². The molecule has 0 heterocycles. The van der Waals surface area contributed by atoms with Crippen molar-refractivity contribution in [3.63, 3.8) is 0 Å². The molecule has 3 aromatic rings. The Kier molecular flexibility index (Phi) is 7.24. The molecule has 0 aliphatic carbocycles. The fraction of sp³-hybridized carbons (Fsp3) is 0.130. The number of sulfonamides is 1. The average Bonchev–Trinajstić information content (AvgIpc) is 2.75. The Morgan fingerprint density at radius 2 is 1.72 bits per heavy atom. The van der Waals surface area contributed by atoms with Crippen LogP contribution in [-0.2, 0) is 14.8 Å². The van der Waals surface area contributed by atoms with Crippen molar-refractivity contribution in [3.8, 4) is 11.5 Å². The van der Waals surface area contributed by atoms with Crippen molar-refractivity contribution in [2.24, 2.45) is 5.10 Å². The predicted molar refractivity (Wildman–Crippen MR) is 121 cm³/mol. The van der Waals surface area contributed by atoms with Gasteiger partial charge in [0, 0.05) is 18.1 Å². The molecule has 8 nitrogen and oxygen atoms in total. The second kappa shape index (κ2) is 10.1. The van der Waals surface area contributed by atoms with Crippen LogP contribution in [0.3, 0.4) is 0 Å². The van der Waals surface area contributed by atoms with Crippen molar-refractivity contribution in [2.75, 3.05) is 0 Å². The van der Waals surface area contributed by atoms with Gasteiger partial charge in [-0.25, -0.2) is 18.6 Å². The predicted octanol–water partition coefficient (Wildman–Crippen LogP) is 2.97. The van der Waals surface area contributed by atoms with Gasteiger partial charge in [0.25, 0.3) is 0 Å². The first kappa shape index (κ1) is 23.0. The zero-order chi connectivity index (χ0) is 23.1. The molecule has 1 atom stereocenters. The number of phenols is 2. The third-order valence-electron chi connectivity index (χ3n) is 4.63. The number of rotatable bonds is 8. The topological polar surface area (TPSA) is 128 Å². The molecule has 1 amide bonds. The Morgan fingerprint density at radius 1 is 1.03 bits per heavy atom. The number of carbonyl (C=O) groups excluding carboxylic acids is 1. The van der Waals surface area contributed by atoms with Crippen LogP contribution >= 0.6 is 0 Å². The number of nitrogens with zero attached hydrogens (tertiary/aromatic N) is 1. The highest BCUT2D eigenvalue weighted by molar-refractivity contribution is 7.89. The van der Waals surface area contributed by atoms with E-state index < -0.39 is 22.0 Å². The molecule has 0 radical (unpaired) electrons. The van der Waals surface area contributed by atoms with Gasteiger partial charge in [-0.2, -0.15) is 5.10 Å². The summed E-state index contributed by atoms with van der Waals surface area (Å²) in [6, 6.07) is 18.3. The Balaban J connectivity index is 1.74. The largest absolute Gasteiger partial charge is 0.508 e. The lowest BCUT2D eigenvalue weighted by atomic mass is 10.0. The minimum absolute atomic E-state index is 0.102. The van der Waals surface area contributed by atoms with Crippen LogP contribution in [0.15, 0.2) is 82.8 Å². The third kappa shape index (κ3) is 6.16. The smallest absolute Gasteiger partial charge is 0.242 e. The Hall–Kier alpha value is -3.69. The van der Waals surface area contributed by atoms with E-state index in [-0.39, 0.29) is 22.8 Å². The van der Waals surface area contributed by atoms with Crippen LogP contribution in [-0.4, -0.2) is 30.8 Å². The summed E-state index contributed by atoms with van der Waals surface area (Å²) in [6.07, 6.45) is 1.02. The van der Waals surface area contributed by atoms with Gasteiger partial charge in [0.1, 0.15) is 11.5 Å². The van der Waals surface area contributed by atoms with Crippen LogP contribution in [0.5, 0.6) is 11.5 Å². The summed E-state index contributed by atoms with van der Waals surface area (Å²) in [5, 5.41) is 22.9. The van der Waals surface area contributed by atoms with Crippen molar-refractivity contribution >= 4 is 22.1 Å². The molecule has 3 aromatic carbocycles. The highest BCUT2D eigenvalue weighted by Gasteiger charge is 2.23. The molecule has 0 aliphatic rings. The molecule has 0 aromatic heterocycles. The van der Waals surface area contributed by atoms with E-state index in [1.165, 1.54) is 30.5 Å². The number of hydrogen-bond acceptors (Lipinski definition) is 6. The highest BCUT2D eigenvalue weighted by Crippen LogP contribution is 2.22. The molecule has 3 rings (SSSR count). The van der Waals surface area contributed by atoms with E-state index in [1.807, 2.05) is 6.92 Å². The number of phenolic OH excluding ortho intramolecular Hbond substituents is 2. The summed E-state index contributed by atoms with van der Waals surface area (Å²) in [4.78, 5) is 12.6. The fourth-order valence-electron chi connectivity index (χ4n) is 2.93. The van der Waals surface area contributed by atoms with E-state index in [0.29, 0.717) is 11.1 Å². The number of nitrogens with one attached hydrogen (secondary N) is 2. The van der Waals surface area contributed by atoms with Crippen LogP contribution in [0.4, 0.5) is 0 Å². The Bertz CT molecular complexity index is 1210. The number of hydrazone groups is 1. The summed E-state index contributed by atoms with van der Waals surface area (Å²) in [7, 11) is -3.87. The SMILES string of the molecule is Cc1ccc(S(=O)(=O)N[C@H](CC(=O)N/N=C\c2ccc(O)cc2O)c2ccccc2)cc1. The molecular formula is C23H23N3O5S. The lowest BCUT2D eigenvalue weighted by molar-refractivity contribution is -0.121. The molecule has 32 heavy (non-hydrogen) atoms. The molecule has 166 valence electrons. The molecule has 0 unspecified atom stereocenters. The van der Waals surface area contributed by atoms with Crippen LogP contribution in [0.25, 0.3) is 0 Å². The standard InChI is InChI=1S/C23H23N3O5S/c1-16-7-11-20(12-8-16)32(30,31)26-21(17-5-3-2-4-6-17)14-23(29)25-24-15-18-9-10-19(27)13-22(18)28/h2-13,15,21,26-28H,14H2,1H3,(H,25,29)/b24-15-/t21-/m1/s1. The maximum Gasteiger partial charge on any atom is 0.242 e. The van der Waals surface area contributed by atoms with Gasteiger partial charge >= 0.3 is 0 Å². The normalized spacial score (nSPS) is 12.5. The van der Waals surface area contributed by atoms with E-state index in [1.54, 1.807) is 42.5 Å². The number of aromatic hydroxyl groups is 2. The first-order valence-electron chi connectivity index (χ1n) is 9.72. The second-order valence-electron chi connectivity index (χ2n) is 7.14. The summed E-state index contributed by atoms with van der Waals surface area (Å²) >= 11 is 0. The first-order chi connectivity index (χ1) is 15.2. The molecule has 9 heteroatoms. The zero-order valence-corrected chi connectivity index (χ0v) is 18.1. The van der Waals surface area contributed by atoms with Gasteiger partial charge in [-0.1, -0.05) is 48.0 Å². The van der Waals surface area contributed by atoms with Gasteiger partial charge < -0.3 is 10.2 Å². The maximum absolute atomic E-state index is 12.9. The van der Waals surface area contributed by atoms with Gasteiger partial charge in [0.15, 0.2) is 0 Å². The quantitative estimate of drug-likeness (QED) is 0.308. The minimum Gasteiger partial charge on any atom is -0.508 e. The fourth-order valence-corrected chi connectivity index (χ4v) is 4.16. The summed E-state index contributed by atoms with van der Waals surface area (Å²) < 4.78 is 28.3. The number of benzene rings is 3.